The van der Waals surface area contributed by atoms with Crippen LogP contribution < -0.4 is 15.2 Å². The van der Waals surface area contributed by atoms with E-state index in [9.17, 15) is 10.1 Å². The molecule has 172 valence electrons. The number of hydrogen-bond acceptors (Lipinski definition) is 5. The number of carbonyl (C=O) groups excluding carboxylic acids is 1. The number of esters is 1. The first-order valence-corrected chi connectivity index (χ1v) is 11.3. The average Bonchev–Trinajstić information content (AvgIpc) is 2.79. The Labute approximate surface area is 208 Å². The molecule has 5 nitrogen and oxygen atoms in total. The Bertz CT molecular complexity index is 1350. The zero-order chi connectivity index (χ0) is 24.6. The standard InChI is InChI=1S/C27H22Cl2N2O3/c1-27(2,3)17-7-4-15(5-8-17)26(32)33-18-9-10-19-23(13-18)34-25(31)20(14-30)24(19)16-6-11-21(28)22(29)12-16/h4-13,24H,31H2,1-3H3. The fraction of sp³-hybridized carbons (Fsp3) is 0.185. The van der Waals surface area contributed by atoms with E-state index in [4.69, 9.17) is 38.4 Å². The summed E-state index contributed by atoms with van der Waals surface area (Å²) in [6, 6.07) is 19.6. The van der Waals surface area contributed by atoms with Gasteiger partial charge in [0.05, 0.1) is 21.5 Å². The summed E-state index contributed by atoms with van der Waals surface area (Å²) in [6.07, 6.45) is 0. The Morgan fingerprint density at radius 1 is 1.03 bits per heavy atom. The Morgan fingerprint density at radius 3 is 2.35 bits per heavy atom. The highest BCUT2D eigenvalue weighted by Gasteiger charge is 2.31. The summed E-state index contributed by atoms with van der Waals surface area (Å²) in [7, 11) is 0. The molecule has 1 unspecified atom stereocenters. The molecule has 0 saturated carbocycles. The molecule has 3 aromatic carbocycles. The molecule has 1 aliphatic rings. The minimum Gasteiger partial charge on any atom is -0.440 e. The van der Waals surface area contributed by atoms with E-state index in [1.54, 1.807) is 48.5 Å². The lowest BCUT2D eigenvalue weighted by molar-refractivity contribution is 0.0734. The molecule has 34 heavy (non-hydrogen) atoms. The second-order valence-electron chi connectivity index (χ2n) is 9.01. The van der Waals surface area contributed by atoms with Crippen LogP contribution in [0, 0.1) is 11.3 Å². The minimum absolute atomic E-state index is 0.0150. The molecule has 0 bridgehead atoms. The molecular formula is C27H22Cl2N2O3. The van der Waals surface area contributed by atoms with Crippen molar-refractivity contribution >= 4 is 29.2 Å². The molecule has 0 aromatic heterocycles. The smallest absolute Gasteiger partial charge is 0.343 e. The minimum atomic E-state index is -0.502. The van der Waals surface area contributed by atoms with Crippen molar-refractivity contribution in [3.8, 4) is 17.6 Å². The highest BCUT2D eigenvalue weighted by molar-refractivity contribution is 6.42. The molecule has 0 saturated heterocycles. The van der Waals surface area contributed by atoms with E-state index in [1.807, 2.05) is 12.1 Å². The van der Waals surface area contributed by atoms with Gasteiger partial charge in [-0.3, -0.25) is 0 Å². The molecule has 0 aliphatic carbocycles. The molecular weight excluding hydrogens is 471 g/mol. The molecule has 4 rings (SSSR count). The SMILES string of the molecule is CC(C)(C)c1ccc(C(=O)Oc2ccc3c(c2)OC(N)=C(C#N)C3c2ccc(Cl)c(Cl)c2)cc1. The van der Waals surface area contributed by atoms with Gasteiger partial charge in [-0.25, -0.2) is 4.79 Å². The van der Waals surface area contributed by atoms with E-state index in [1.165, 1.54) is 0 Å². The summed E-state index contributed by atoms with van der Waals surface area (Å²) in [4.78, 5) is 12.7. The number of nitriles is 1. The second-order valence-corrected chi connectivity index (χ2v) is 9.83. The lowest BCUT2D eigenvalue weighted by Gasteiger charge is -2.27. The third-order valence-electron chi connectivity index (χ3n) is 5.66. The van der Waals surface area contributed by atoms with Crippen LogP contribution in [0.4, 0.5) is 0 Å². The first kappa shape index (κ1) is 23.7. The van der Waals surface area contributed by atoms with Crippen LogP contribution in [0.5, 0.6) is 11.5 Å². The zero-order valence-electron chi connectivity index (χ0n) is 18.9. The van der Waals surface area contributed by atoms with Crippen molar-refractivity contribution in [3.63, 3.8) is 0 Å². The summed E-state index contributed by atoms with van der Waals surface area (Å²) in [5.41, 5.74) is 9.29. The number of ether oxygens (including phenoxy) is 2. The van der Waals surface area contributed by atoms with E-state index in [2.05, 4.69) is 26.8 Å². The first-order chi connectivity index (χ1) is 16.1. The van der Waals surface area contributed by atoms with E-state index in [-0.39, 0.29) is 16.9 Å². The summed E-state index contributed by atoms with van der Waals surface area (Å²) >= 11 is 12.3. The maximum absolute atomic E-state index is 12.7. The van der Waals surface area contributed by atoms with Crippen LogP contribution in [-0.2, 0) is 5.41 Å². The fourth-order valence-electron chi connectivity index (χ4n) is 3.81. The van der Waals surface area contributed by atoms with Crippen LogP contribution in [0.15, 0.2) is 72.1 Å². The second kappa shape index (κ2) is 9.06. The van der Waals surface area contributed by atoms with Crippen LogP contribution in [0.1, 0.15) is 53.7 Å². The van der Waals surface area contributed by atoms with Crippen LogP contribution in [0.2, 0.25) is 10.0 Å². The van der Waals surface area contributed by atoms with Crippen molar-refractivity contribution in [3.05, 3.63) is 104 Å². The third kappa shape index (κ3) is 4.61. The van der Waals surface area contributed by atoms with Crippen molar-refractivity contribution in [1.29, 1.82) is 5.26 Å². The van der Waals surface area contributed by atoms with Gasteiger partial charge < -0.3 is 15.2 Å². The predicted molar refractivity (Wildman–Crippen MR) is 132 cm³/mol. The van der Waals surface area contributed by atoms with Gasteiger partial charge in [0.2, 0.25) is 5.88 Å². The number of rotatable bonds is 3. The quantitative estimate of drug-likeness (QED) is 0.323. The first-order valence-electron chi connectivity index (χ1n) is 10.6. The summed E-state index contributed by atoms with van der Waals surface area (Å²) in [6.45, 7) is 6.32. The van der Waals surface area contributed by atoms with Gasteiger partial charge in [0.15, 0.2) is 0 Å². The van der Waals surface area contributed by atoms with Crippen LogP contribution >= 0.6 is 23.2 Å². The number of halogens is 2. The van der Waals surface area contributed by atoms with Gasteiger partial charge in [0.25, 0.3) is 0 Å². The number of allylic oxidation sites excluding steroid dienone is 1. The monoisotopic (exact) mass is 492 g/mol. The van der Waals surface area contributed by atoms with Crippen LogP contribution in [0.25, 0.3) is 0 Å². The molecule has 1 heterocycles. The van der Waals surface area contributed by atoms with E-state index in [0.717, 1.165) is 11.1 Å². The zero-order valence-corrected chi connectivity index (χ0v) is 20.4. The Hall–Kier alpha value is -3.46. The van der Waals surface area contributed by atoms with Gasteiger partial charge in [-0.05, 0) is 46.9 Å². The highest BCUT2D eigenvalue weighted by atomic mass is 35.5. The molecule has 0 amide bonds. The van der Waals surface area contributed by atoms with Crippen LogP contribution in [0.3, 0.4) is 0 Å². The third-order valence-corrected chi connectivity index (χ3v) is 6.40. The van der Waals surface area contributed by atoms with Gasteiger partial charge in [-0.1, -0.05) is 68.2 Å². The summed E-state index contributed by atoms with van der Waals surface area (Å²) in [5, 5.41) is 10.5. The molecule has 1 aliphatic heterocycles. The van der Waals surface area contributed by atoms with E-state index >= 15 is 0 Å². The highest BCUT2D eigenvalue weighted by Crippen LogP contribution is 2.44. The maximum Gasteiger partial charge on any atom is 0.343 e. The predicted octanol–water partition coefficient (Wildman–Crippen LogP) is 6.73. The van der Waals surface area contributed by atoms with Crippen molar-refractivity contribution < 1.29 is 14.3 Å². The molecule has 0 fully saturated rings. The number of fused-ring (bicyclic) bond motifs is 1. The number of nitrogens with two attached hydrogens (primary N) is 1. The molecule has 1 atom stereocenters. The number of hydrogen-bond donors (Lipinski definition) is 1. The van der Waals surface area contributed by atoms with E-state index in [0.29, 0.717) is 32.7 Å². The lowest BCUT2D eigenvalue weighted by atomic mass is 9.83. The topological polar surface area (TPSA) is 85.3 Å². The molecule has 7 heteroatoms. The van der Waals surface area contributed by atoms with Gasteiger partial charge in [-0.15, -0.1) is 0 Å². The maximum atomic E-state index is 12.7. The van der Waals surface area contributed by atoms with Gasteiger partial charge in [0.1, 0.15) is 23.1 Å². The van der Waals surface area contributed by atoms with Crippen LogP contribution in [-0.4, -0.2) is 5.97 Å². The fourth-order valence-corrected chi connectivity index (χ4v) is 4.11. The van der Waals surface area contributed by atoms with Gasteiger partial charge in [-0.2, -0.15) is 5.26 Å². The van der Waals surface area contributed by atoms with E-state index < -0.39 is 11.9 Å². The molecule has 3 aromatic rings. The Balaban J connectivity index is 1.64. The normalized spacial score (nSPS) is 15.2. The summed E-state index contributed by atoms with van der Waals surface area (Å²) < 4.78 is 11.3. The van der Waals surface area contributed by atoms with Gasteiger partial charge in [0, 0.05) is 11.6 Å². The number of carbonyl (C=O) groups is 1. The molecule has 2 N–H and O–H groups in total. The largest absolute Gasteiger partial charge is 0.440 e. The Kier molecular flexibility index (Phi) is 6.31. The molecule has 0 spiro atoms. The van der Waals surface area contributed by atoms with Gasteiger partial charge >= 0.3 is 5.97 Å². The molecule has 0 radical (unpaired) electrons. The number of nitrogens with zero attached hydrogens (tertiary/aromatic N) is 1. The van der Waals surface area contributed by atoms with Crippen molar-refractivity contribution in [1.82, 2.24) is 0 Å². The lowest BCUT2D eigenvalue weighted by Crippen LogP contribution is -2.21. The average molecular weight is 493 g/mol. The summed E-state index contributed by atoms with van der Waals surface area (Å²) in [5.74, 6) is -0.324. The number of benzene rings is 3. The van der Waals surface area contributed by atoms with Crippen molar-refractivity contribution in [2.24, 2.45) is 5.73 Å². The van der Waals surface area contributed by atoms with Crippen molar-refractivity contribution in [2.75, 3.05) is 0 Å². The van der Waals surface area contributed by atoms with Crippen molar-refractivity contribution in [2.45, 2.75) is 32.1 Å². The Morgan fingerprint density at radius 2 is 1.74 bits per heavy atom.